The highest BCUT2D eigenvalue weighted by atomic mass is 16.4. The third-order valence-corrected chi connectivity index (χ3v) is 18.4. The van der Waals surface area contributed by atoms with Gasteiger partial charge < -0.3 is 112 Å². The Morgan fingerprint density at radius 1 is 0.390 bits per heavy atom. The zero-order valence-electron chi connectivity index (χ0n) is 68.5. The van der Waals surface area contributed by atoms with Gasteiger partial charge in [0.25, 0.3) is 0 Å². The number of phenolic OH excluding ortho intramolecular Hbond substituents is 1. The van der Waals surface area contributed by atoms with Crippen LogP contribution in [0.1, 0.15) is 164 Å². The number of aromatic amines is 1. The van der Waals surface area contributed by atoms with Crippen molar-refractivity contribution >= 4 is 107 Å². The van der Waals surface area contributed by atoms with E-state index in [1.54, 1.807) is 99.6 Å². The van der Waals surface area contributed by atoms with Crippen LogP contribution in [0.2, 0.25) is 0 Å². The Balaban J connectivity index is 1.95. The summed E-state index contributed by atoms with van der Waals surface area (Å²) in [6, 6.07) is -6.61. The molecule has 1 heterocycles. The molecule has 15 amide bonds. The maximum atomic E-state index is 14.7. The lowest BCUT2D eigenvalue weighted by Crippen LogP contribution is -2.62. The molecule has 652 valence electrons. The van der Waals surface area contributed by atoms with Crippen LogP contribution >= 0.6 is 0 Å². The number of nitrogens with one attached hydrogen (secondary N) is 14. The Morgan fingerprint density at radius 2 is 0.754 bits per heavy atom. The molecule has 0 aliphatic rings. The van der Waals surface area contributed by atoms with Crippen molar-refractivity contribution < 1.29 is 107 Å². The molecule has 24 N–H and O–H groups in total. The van der Waals surface area contributed by atoms with Gasteiger partial charge in [-0.3, -0.25) is 86.3 Å². The van der Waals surface area contributed by atoms with Crippen LogP contribution in [-0.2, 0) is 106 Å². The van der Waals surface area contributed by atoms with Crippen LogP contribution in [0.4, 0.5) is 0 Å². The Hall–Kier alpha value is -12.1. The fourth-order valence-corrected chi connectivity index (χ4v) is 12.2. The summed E-state index contributed by atoms with van der Waals surface area (Å²) in [7, 11) is 0. The number of carboxylic acid groups (broad SMARTS) is 3. The maximum absolute atomic E-state index is 14.7. The van der Waals surface area contributed by atoms with Crippen LogP contribution in [0, 0.1) is 35.5 Å². The number of aliphatic carboxylic acids is 3. The Labute approximate surface area is 683 Å². The van der Waals surface area contributed by atoms with Crippen LogP contribution in [0.25, 0.3) is 0 Å². The fraction of sp³-hybridized carbons (Fsp3) is 0.577. The minimum Gasteiger partial charge on any atom is -0.508 e. The molecule has 3 aromatic rings. The van der Waals surface area contributed by atoms with Crippen LogP contribution in [0.15, 0.2) is 67.1 Å². The maximum Gasteiger partial charge on any atom is 0.322 e. The van der Waals surface area contributed by atoms with Crippen LogP contribution < -0.4 is 86.3 Å². The number of aromatic hydroxyl groups is 1. The topological polar surface area (TPSA) is 651 Å². The number of H-pyrrole nitrogens is 1. The molecule has 0 spiro atoms. The van der Waals surface area contributed by atoms with Gasteiger partial charge in [-0.1, -0.05) is 132 Å². The number of nitrogens with two attached hydrogens (primary N) is 3. The summed E-state index contributed by atoms with van der Waals surface area (Å²) >= 11 is 0. The van der Waals surface area contributed by atoms with Gasteiger partial charge >= 0.3 is 17.9 Å². The predicted molar refractivity (Wildman–Crippen MR) is 425 cm³/mol. The molecule has 118 heavy (non-hydrogen) atoms. The largest absolute Gasteiger partial charge is 0.508 e. The second-order valence-corrected chi connectivity index (χ2v) is 31.2. The molecule has 3 rings (SSSR count). The summed E-state index contributed by atoms with van der Waals surface area (Å²) in [4.78, 5) is 253. The Kier molecular flexibility index (Phi) is 42.2. The van der Waals surface area contributed by atoms with Crippen LogP contribution in [0.3, 0.4) is 0 Å². The van der Waals surface area contributed by atoms with Gasteiger partial charge in [0, 0.05) is 37.6 Å². The van der Waals surface area contributed by atoms with Gasteiger partial charge in [0.15, 0.2) is 0 Å². The van der Waals surface area contributed by atoms with Gasteiger partial charge in [-0.2, -0.15) is 0 Å². The molecule has 0 unspecified atom stereocenters. The van der Waals surface area contributed by atoms with Crippen molar-refractivity contribution in [2.45, 2.75) is 245 Å². The van der Waals surface area contributed by atoms with E-state index in [0.717, 1.165) is 0 Å². The summed E-state index contributed by atoms with van der Waals surface area (Å²) in [6.45, 7) is 19.9. The first-order valence-corrected chi connectivity index (χ1v) is 39.0. The standard InChI is InChI=1S/C78H118N18O22/c1-13-43(12)65(96-76(116)54(29-44-17-15-14-16-18-44)86-66(106)48(79)25-38(2)3)78(118)94-52(28-41(8)9)75(115)95-64(42(10)11)77(117)93-51(27-40(6)7)70(110)89-55(31-46-35-82-37-84-46)71(111)90-56(32-59(80)98)72(112)85-49(23-24-61(100)101)68(108)92-58(34-62(102)103)74(114)91-57(33-60(81)99)73(113)87-50(26-39(4)5)69(109)88-53(67(107)83-36-63(104)105)30-45-19-21-47(97)22-20-45/h14-22,35,37-43,48-58,64-65,97H,13,23-34,36,79H2,1-12H3,(H2,80,98)(H2,81,99)(H,82,84)(H,83,107)(H,85,112)(H,86,106)(H,87,113)(H,88,109)(H,89,110)(H,90,111)(H,91,114)(H,92,108)(H,93,117)(H,94,118)(H,95,115)(H,96,116)(H,100,101)(H,102,103)(H,104,105)/t43-,48-,49-,50-,51-,52-,53-,54-,55-,56-,57-,58-,64-,65-/m0/s1. The number of hydrogen-bond acceptors (Lipinski definition) is 21. The first kappa shape index (κ1) is 100. The third kappa shape index (κ3) is 36.8. The van der Waals surface area contributed by atoms with E-state index in [0.29, 0.717) is 24.0 Å². The molecule has 0 fully saturated rings. The average molecular weight is 1660 g/mol. The number of hydrogen-bond donors (Lipinski definition) is 21. The molecular weight excluding hydrogens is 1540 g/mol. The van der Waals surface area contributed by atoms with E-state index < -0.39 is 248 Å². The number of phenols is 1. The van der Waals surface area contributed by atoms with Crippen LogP contribution in [-0.4, -0.2) is 222 Å². The van der Waals surface area contributed by atoms with Gasteiger partial charge in [0.05, 0.1) is 31.6 Å². The number of rotatable bonds is 53. The van der Waals surface area contributed by atoms with E-state index >= 15 is 0 Å². The van der Waals surface area contributed by atoms with E-state index in [2.05, 4.69) is 79.1 Å². The third-order valence-electron chi connectivity index (χ3n) is 18.4. The molecule has 0 aliphatic carbocycles. The van der Waals surface area contributed by atoms with E-state index in [4.69, 9.17) is 17.2 Å². The van der Waals surface area contributed by atoms with E-state index in [1.165, 1.54) is 36.8 Å². The lowest BCUT2D eigenvalue weighted by molar-refractivity contribution is -0.142. The predicted octanol–water partition coefficient (Wildman–Crippen LogP) is -2.53. The van der Waals surface area contributed by atoms with Crippen molar-refractivity contribution in [3.63, 3.8) is 0 Å². The number of carbonyl (C=O) groups excluding carboxylic acids is 15. The molecule has 0 bridgehead atoms. The summed E-state index contributed by atoms with van der Waals surface area (Å²) < 4.78 is 0. The number of carbonyl (C=O) groups is 18. The summed E-state index contributed by atoms with van der Waals surface area (Å²) in [6.07, 6.45) is -2.89. The van der Waals surface area contributed by atoms with Crippen molar-refractivity contribution in [1.82, 2.24) is 79.1 Å². The minimum atomic E-state index is -2.25. The molecule has 0 aliphatic heterocycles. The quantitative estimate of drug-likeness (QED) is 0.0277. The van der Waals surface area contributed by atoms with Crippen molar-refractivity contribution in [3.8, 4) is 5.75 Å². The van der Waals surface area contributed by atoms with Crippen molar-refractivity contribution in [2.75, 3.05) is 6.54 Å². The normalized spacial score (nSPS) is 14.8. The summed E-state index contributed by atoms with van der Waals surface area (Å²) in [5.41, 5.74) is 18.5. The zero-order chi connectivity index (χ0) is 89.0. The average Bonchev–Trinajstić information content (AvgIpc) is 0.932. The molecule has 40 nitrogen and oxygen atoms in total. The van der Waals surface area contributed by atoms with Gasteiger partial charge in [0.2, 0.25) is 88.6 Å². The highest BCUT2D eigenvalue weighted by Crippen LogP contribution is 2.18. The number of carboxylic acids is 3. The van der Waals surface area contributed by atoms with Crippen molar-refractivity contribution in [3.05, 3.63) is 83.9 Å². The minimum absolute atomic E-state index is 0.0316. The monoisotopic (exact) mass is 1660 g/mol. The molecule has 1 aromatic heterocycles. The second kappa shape index (κ2) is 49.7. The Morgan fingerprint density at radius 3 is 1.18 bits per heavy atom. The van der Waals surface area contributed by atoms with Gasteiger partial charge in [0.1, 0.15) is 84.8 Å². The molecule has 14 atom stereocenters. The van der Waals surface area contributed by atoms with Crippen LogP contribution in [0.5, 0.6) is 5.75 Å². The summed E-state index contributed by atoms with van der Waals surface area (Å²) in [5.74, 6) is -23.2. The van der Waals surface area contributed by atoms with Crippen molar-refractivity contribution in [1.29, 1.82) is 0 Å². The molecule has 0 saturated heterocycles. The highest BCUT2D eigenvalue weighted by molar-refractivity contribution is 6.02. The SMILES string of the molecule is CC[C@H](C)[C@H](NC(=O)[C@H](Cc1ccccc1)NC(=O)[C@@H](N)CC(C)C)C(=O)N[C@@H](CC(C)C)C(=O)N[C@H](C(=O)N[C@@H](CC(C)C)C(=O)N[C@@H](Cc1cnc[nH]1)C(=O)N[C@@H](CC(N)=O)C(=O)N[C@@H](CCC(=O)O)C(=O)N[C@@H](CC(=O)O)C(=O)N[C@@H](CC(N)=O)C(=O)N[C@@H](CC(C)C)C(=O)N[C@@H](Cc1ccc(O)cc1)C(=O)NCC(=O)O)C(C)C. The second-order valence-electron chi connectivity index (χ2n) is 31.2. The van der Waals surface area contributed by atoms with Crippen molar-refractivity contribution in [2.24, 2.45) is 52.7 Å². The lowest BCUT2D eigenvalue weighted by atomic mass is 9.95. The fourth-order valence-electron chi connectivity index (χ4n) is 12.2. The number of aromatic nitrogens is 2. The number of benzene rings is 2. The molecule has 40 heteroatoms. The lowest BCUT2D eigenvalue weighted by Gasteiger charge is -2.31. The molecule has 0 saturated carbocycles. The van der Waals surface area contributed by atoms with E-state index in [1.807, 2.05) is 13.8 Å². The molecule has 0 radical (unpaired) electrons. The molecular formula is C78H118N18O22. The highest BCUT2D eigenvalue weighted by Gasteiger charge is 2.40. The zero-order valence-corrected chi connectivity index (χ0v) is 68.5. The summed E-state index contributed by atoms with van der Waals surface area (Å²) in [5, 5.41) is 70.7. The number of imidazole rings is 1. The van der Waals surface area contributed by atoms with E-state index in [9.17, 15) is 107 Å². The van der Waals surface area contributed by atoms with E-state index in [-0.39, 0.29) is 61.3 Å². The number of primary amides is 2. The Bertz CT molecular complexity index is 3940. The number of amides is 15. The first-order chi connectivity index (χ1) is 55.3. The number of nitrogens with zero attached hydrogens (tertiary/aromatic N) is 1. The van der Waals surface area contributed by atoms with Gasteiger partial charge in [-0.15, -0.1) is 0 Å². The molecule has 2 aromatic carbocycles. The smallest absolute Gasteiger partial charge is 0.322 e. The van der Waals surface area contributed by atoms with Gasteiger partial charge in [-0.05, 0) is 90.9 Å². The van der Waals surface area contributed by atoms with Gasteiger partial charge in [-0.25, -0.2) is 4.98 Å². The first-order valence-electron chi connectivity index (χ1n) is 39.0.